The molecule has 0 N–H and O–H groups in total. The second-order valence-electron chi connectivity index (χ2n) is 7.87. The number of ether oxygens (including phenoxy) is 2. The Balaban J connectivity index is 1.39. The number of para-hydroxylation sites is 2. The molecule has 4 nitrogen and oxygen atoms in total. The van der Waals surface area contributed by atoms with Gasteiger partial charge in [-0.25, -0.2) is 0 Å². The first-order valence-electron chi connectivity index (χ1n) is 9.17. The van der Waals surface area contributed by atoms with Crippen molar-refractivity contribution in [2.75, 3.05) is 20.8 Å². The molecule has 4 heteroatoms. The lowest BCUT2D eigenvalue weighted by Crippen LogP contribution is -2.56. The second-order valence-corrected chi connectivity index (χ2v) is 7.87. The van der Waals surface area contributed by atoms with E-state index in [-0.39, 0.29) is 12.5 Å². The average molecular weight is 329 g/mol. The van der Waals surface area contributed by atoms with Crippen LogP contribution in [0.4, 0.5) is 0 Å². The molecule has 130 valence electrons. The van der Waals surface area contributed by atoms with Crippen molar-refractivity contribution in [3.05, 3.63) is 24.3 Å². The fraction of sp³-hybridized carbons (Fsp3) is 0.650. The van der Waals surface area contributed by atoms with E-state index in [0.717, 1.165) is 11.8 Å². The first-order valence-corrected chi connectivity index (χ1v) is 9.17. The molecule has 0 aliphatic heterocycles. The molecule has 5 rings (SSSR count). The Morgan fingerprint density at radius 3 is 2.21 bits per heavy atom. The van der Waals surface area contributed by atoms with Crippen molar-refractivity contribution in [3.63, 3.8) is 0 Å². The molecule has 0 aromatic heterocycles. The van der Waals surface area contributed by atoms with Crippen LogP contribution in [0, 0.1) is 23.7 Å². The van der Waals surface area contributed by atoms with Gasteiger partial charge in [0.05, 0.1) is 7.11 Å². The highest BCUT2D eigenvalue weighted by Gasteiger charge is 2.50. The summed E-state index contributed by atoms with van der Waals surface area (Å²) >= 11 is 0. The Bertz CT molecular complexity index is 587. The minimum Gasteiger partial charge on any atom is -0.493 e. The summed E-state index contributed by atoms with van der Waals surface area (Å²) in [6.45, 7) is 0.0830. The predicted molar refractivity (Wildman–Crippen MR) is 92.1 cm³/mol. The van der Waals surface area contributed by atoms with Crippen LogP contribution in [0.25, 0.3) is 0 Å². The Labute approximate surface area is 144 Å². The third-order valence-electron chi connectivity index (χ3n) is 6.44. The van der Waals surface area contributed by atoms with Gasteiger partial charge in [0.1, 0.15) is 0 Å². The zero-order chi connectivity index (χ0) is 16.7. The molecule has 24 heavy (non-hydrogen) atoms. The second kappa shape index (κ2) is 6.30. The molecule has 4 aliphatic rings. The summed E-state index contributed by atoms with van der Waals surface area (Å²) in [6, 6.07) is 7.90. The summed E-state index contributed by atoms with van der Waals surface area (Å²) in [5.41, 5.74) is 0. The van der Waals surface area contributed by atoms with Gasteiger partial charge in [-0.05, 0) is 67.9 Å². The van der Waals surface area contributed by atoms with E-state index in [2.05, 4.69) is 0 Å². The Morgan fingerprint density at radius 1 is 1.04 bits per heavy atom. The van der Waals surface area contributed by atoms with Gasteiger partial charge in [0.2, 0.25) is 0 Å². The smallest absolute Gasteiger partial charge is 0.260 e. The topological polar surface area (TPSA) is 38.8 Å². The summed E-state index contributed by atoms with van der Waals surface area (Å²) in [7, 11) is 3.59. The van der Waals surface area contributed by atoms with Gasteiger partial charge in [-0.2, -0.15) is 0 Å². The van der Waals surface area contributed by atoms with E-state index in [9.17, 15) is 4.79 Å². The lowest BCUT2D eigenvalue weighted by molar-refractivity contribution is -0.143. The number of methoxy groups -OCH3 is 1. The maximum Gasteiger partial charge on any atom is 0.260 e. The van der Waals surface area contributed by atoms with Crippen LogP contribution in [0.1, 0.15) is 32.1 Å². The number of benzene rings is 1. The molecule has 4 bridgehead atoms. The standard InChI is InChI=1S/C20H27NO3/c1-21(19(22)12-24-18-6-4-3-5-17(18)23-2)20-15-8-13-7-14(10-15)11-16(20)9-13/h3-6,13-16,20H,7-12H2,1-2H3. The van der Waals surface area contributed by atoms with E-state index >= 15 is 0 Å². The number of hydrogen-bond acceptors (Lipinski definition) is 3. The fourth-order valence-electron chi connectivity index (χ4n) is 5.67. The highest BCUT2D eigenvalue weighted by Crippen LogP contribution is 2.54. The minimum absolute atomic E-state index is 0.0818. The first-order chi connectivity index (χ1) is 11.7. The van der Waals surface area contributed by atoms with Gasteiger partial charge in [0, 0.05) is 13.1 Å². The molecule has 0 saturated heterocycles. The van der Waals surface area contributed by atoms with Gasteiger partial charge in [-0.3, -0.25) is 4.79 Å². The number of nitrogens with zero attached hydrogens (tertiary/aromatic N) is 1. The molecule has 0 radical (unpaired) electrons. The van der Waals surface area contributed by atoms with E-state index in [1.165, 1.54) is 32.1 Å². The molecule has 4 fully saturated rings. The molecule has 0 spiro atoms. The number of rotatable bonds is 5. The molecule has 0 atom stereocenters. The van der Waals surface area contributed by atoms with Gasteiger partial charge in [0.15, 0.2) is 18.1 Å². The van der Waals surface area contributed by atoms with Crippen molar-refractivity contribution in [1.29, 1.82) is 0 Å². The number of hydrogen-bond donors (Lipinski definition) is 0. The molecule has 1 aromatic rings. The highest BCUT2D eigenvalue weighted by atomic mass is 16.5. The molecular formula is C20H27NO3. The highest BCUT2D eigenvalue weighted by molar-refractivity contribution is 5.78. The maximum absolute atomic E-state index is 12.7. The zero-order valence-electron chi connectivity index (χ0n) is 14.6. The van der Waals surface area contributed by atoms with Crippen molar-refractivity contribution < 1.29 is 14.3 Å². The lowest BCUT2D eigenvalue weighted by Gasteiger charge is -2.56. The number of carbonyl (C=O) groups is 1. The van der Waals surface area contributed by atoms with Crippen molar-refractivity contribution in [3.8, 4) is 11.5 Å². The van der Waals surface area contributed by atoms with Crippen LogP contribution in [0.3, 0.4) is 0 Å². The van der Waals surface area contributed by atoms with Crippen LogP contribution in [-0.2, 0) is 4.79 Å². The SMILES string of the molecule is COc1ccccc1OCC(=O)N(C)C1C2CC3CC(C2)CC1C3. The van der Waals surface area contributed by atoms with Gasteiger partial charge < -0.3 is 14.4 Å². The summed E-state index contributed by atoms with van der Waals surface area (Å²) in [4.78, 5) is 14.7. The normalized spacial score (nSPS) is 33.3. The van der Waals surface area contributed by atoms with Crippen LogP contribution in [0.5, 0.6) is 11.5 Å². The summed E-state index contributed by atoms with van der Waals surface area (Å²) in [5, 5.41) is 0. The molecule has 0 unspecified atom stereocenters. The van der Waals surface area contributed by atoms with Gasteiger partial charge >= 0.3 is 0 Å². The maximum atomic E-state index is 12.7. The van der Waals surface area contributed by atoms with Crippen LogP contribution >= 0.6 is 0 Å². The first kappa shape index (κ1) is 15.8. The molecule has 1 aromatic carbocycles. The Kier molecular flexibility index (Phi) is 4.15. The van der Waals surface area contributed by atoms with Crippen molar-refractivity contribution >= 4 is 5.91 Å². The van der Waals surface area contributed by atoms with Crippen LogP contribution < -0.4 is 9.47 Å². The van der Waals surface area contributed by atoms with Crippen LogP contribution in [0.2, 0.25) is 0 Å². The Morgan fingerprint density at radius 2 is 1.62 bits per heavy atom. The molecule has 4 saturated carbocycles. The average Bonchev–Trinajstić information content (AvgIpc) is 2.58. The Hall–Kier alpha value is -1.71. The molecule has 0 heterocycles. The van der Waals surface area contributed by atoms with E-state index in [1.54, 1.807) is 7.11 Å². The van der Waals surface area contributed by atoms with Crippen molar-refractivity contribution in [1.82, 2.24) is 4.90 Å². The molecule has 1 amide bonds. The zero-order valence-corrected chi connectivity index (χ0v) is 14.6. The fourth-order valence-corrected chi connectivity index (χ4v) is 5.67. The third-order valence-corrected chi connectivity index (χ3v) is 6.44. The molecule has 4 aliphatic carbocycles. The van der Waals surface area contributed by atoms with Gasteiger partial charge in [-0.1, -0.05) is 12.1 Å². The van der Waals surface area contributed by atoms with Crippen LogP contribution in [-0.4, -0.2) is 37.6 Å². The number of carbonyl (C=O) groups excluding carboxylic acids is 1. The quantitative estimate of drug-likeness (QED) is 0.831. The predicted octanol–water partition coefficient (Wildman–Crippen LogP) is 3.36. The van der Waals surface area contributed by atoms with E-state index < -0.39 is 0 Å². The monoisotopic (exact) mass is 329 g/mol. The van der Waals surface area contributed by atoms with Crippen molar-refractivity contribution in [2.45, 2.75) is 38.1 Å². The van der Waals surface area contributed by atoms with E-state index in [0.29, 0.717) is 29.4 Å². The lowest BCUT2D eigenvalue weighted by atomic mass is 9.54. The van der Waals surface area contributed by atoms with Gasteiger partial charge in [0.25, 0.3) is 5.91 Å². The number of likely N-dealkylation sites (N-methyl/N-ethyl adjacent to an activating group) is 1. The third kappa shape index (κ3) is 2.76. The summed E-state index contributed by atoms with van der Waals surface area (Å²) in [6.07, 6.45) is 6.73. The molecular weight excluding hydrogens is 302 g/mol. The van der Waals surface area contributed by atoms with Crippen molar-refractivity contribution in [2.24, 2.45) is 23.7 Å². The number of amides is 1. The van der Waals surface area contributed by atoms with Crippen LogP contribution in [0.15, 0.2) is 24.3 Å². The van der Waals surface area contributed by atoms with E-state index in [1.807, 2.05) is 36.2 Å². The summed E-state index contributed by atoms with van der Waals surface area (Å²) < 4.78 is 11.0. The summed E-state index contributed by atoms with van der Waals surface area (Å²) in [5.74, 6) is 4.66. The minimum atomic E-state index is 0.0818. The largest absolute Gasteiger partial charge is 0.493 e. The van der Waals surface area contributed by atoms with E-state index in [4.69, 9.17) is 9.47 Å². The van der Waals surface area contributed by atoms with Gasteiger partial charge in [-0.15, -0.1) is 0 Å².